The molecule has 0 radical (unpaired) electrons. The van der Waals surface area contributed by atoms with Gasteiger partial charge >= 0.3 is 0 Å². The highest BCUT2D eigenvalue weighted by atomic mass is 35.6. The van der Waals surface area contributed by atoms with Crippen molar-refractivity contribution in [2.75, 3.05) is 0 Å². The molecule has 56 valence electrons. The Morgan fingerprint density at radius 1 is 0.900 bits per heavy atom. The first-order valence-corrected chi connectivity index (χ1v) is 6.36. The van der Waals surface area contributed by atoms with Crippen LogP contribution in [0.1, 0.15) is 0 Å². The summed E-state index contributed by atoms with van der Waals surface area (Å²) in [6.45, 7) is 0. The minimum Gasteiger partial charge on any atom is -0.181 e. The summed E-state index contributed by atoms with van der Waals surface area (Å²) in [6.07, 6.45) is 0. The fourth-order valence-electron chi connectivity index (χ4n) is 0.439. The third-order valence-electron chi connectivity index (χ3n) is 0.824. The second kappa shape index (κ2) is 6.05. The van der Waals surface area contributed by atoms with Crippen LogP contribution in [0.2, 0.25) is 10.0 Å². The fourth-order valence-corrected chi connectivity index (χ4v) is 0.711. The Labute approximate surface area is 78.2 Å². The summed E-state index contributed by atoms with van der Waals surface area (Å²) in [5.41, 5.74) is 0. The lowest BCUT2D eigenvalue weighted by Crippen LogP contribution is -1.62. The first kappa shape index (κ1) is 10.3. The smallest absolute Gasteiger partial charge is 0.109 e. The highest BCUT2D eigenvalue weighted by Crippen LogP contribution is 2.19. The van der Waals surface area contributed by atoms with Crippen LogP contribution in [-0.4, -0.2) is 9.55 Å². The average Bonchev–Trinajstić information content (AvgIpc) is 2.00. The molecule has 0 amide bonds. The van der Waals surface area contributed by atoms with Crippen LogP contribution in [0.25, 0.3) is 0 Å². The highest BCUT2D eigenvalue weighted by Gasteiger charge is 1.89. The molecule has 0 atom stereocenters. The normalized spacial score (nSPS) is 8.30. The summed E-state index contributed by atoms with van der Waals surface area (Å²) in [7, 11) is 0.778. The van der Waals surface area contributed by atoms with Gasteiger partial charge in [-0.15, -0.1) is 0 Å². The van der Waals surface area contributed by atoms with Crippen molar-refractivity contribution in [3.05, 3.63) is 34.3 Å². The number of halogens is 3. The van der Waals surface area contributed by atoms with Crippen molar-refractivity contribution in [1.82, 2.24) is 0 Å². The minimum atomic E-state index is 0.606. The molecule has 0 saturated heterocycles. The molecule has 0 heterocycles. The molecule has 0 fully saturated rings. The molecule has 0 aliphatic carbocycles. The van der Waals surface area contributed by atoms with Crippen LogP contribution in [0.4, 0.5) is 0 Å². The highest BCUT2D eigenvalue weighted by molar-refractivity contribution is 6.80. The summed E-state index contributed by atoms with van der Waals surface area (Å²) in [6, 6.07) is 7.19. The molecule has 0 nitrogen and oxygen atoms in total. The van der Waals surface area contributed by atoms with E-state index < -0.39 is 0 Å². The largest absolute Gasteiger partial charge is 0.181 e. The van der Waals surface area contributed by atoms with E-state index in [2.05, 4.69) is 0 Å². The van der Waals surface area contributed by atoms with E-state index >= 15 is 0 Å². The van der Waals surface area contributed by atoms with Crippen molar-refractivity contribution in [3.8, 4) is 0 Å². The van der Waals surface area contributed by atoms with Gasteiger partial charge in [0.2, 0.25) is 0 Å². The number of hydrogen-bond acceptors (Lipinski definition) is 0. The van der Waals surface area contributed by atoms with E-state index in [-0.39, 0.29) is 0 Å². The van der Waals surface area contributed by atoms with Crippen molar-refractivity contribution >= 4 is 43.8 Å². The van der Waals surface area contributed by atoms with Gasteiger partial charge in [-0.1, -0.05) is 35.3 Å². The van der Waals surface area contributed by atoms with Crippen molar-refractivity contribution in [1.29, 1.82) is 0 Å². The van der Waals surface area contributed by atoms with Crippen molar-refractivity contribution < 1.29 is 0 Å². The molecule has 0 aliphatic rings. The van der Waals surface area contributed by atoms with E-state index in [1.165, 1.54) is 0 Å². The van der Waals surface area contributed by atoms with E-state index in [0.29, 0.717) is 10.0 Å². The van der Waals surface area contributed by atoms with E-state index in [9.17, 15) is 0 Å². The van der Waals surface area contributed by atoms with Gasteiger partial charge in [0.1, 0.15) is 9.55 Å². The van der Waals surface area contributed by atoms with Gasteiger partial charge < -0.3 is 0 Å². The summed E-state index contributed by atoms with van der Waals surface area (Å²) < 4.78 is 0. The molecular formula is C6H7Cl3Si. The second-order valence-corrected chi connectivity index (χ2v) is 2.23. The van der Waals surface area contributed by atoms with Gasteiger partial charge in [0, 0.05) is 0 Å². The summed E-state index contributed by atoms with van der Waals surface area (Å²) >= 11 is 15.9. The maximum absolute atomic E-state index is 5.58. The Morgan fingerprint density at radius 3 is 1.40 bits per heavy atom. The Kier molecular flexibility index (Phi) is 6.23. The summed E-state index contributed by atoms with van der Waals surface area (Å²) in [5.74, 6) is 0. The van der Waals surface area contributed by atoms with E-state index in [1.807, 2.05) is 12.1 Å². The molecule has 0 bridgehead atoms. The lowest BCUT2D eigenvalue weighted by Gasteiger charge is -1.88. The molecule has 0 aliphatic heterocycles. The third-order valence-corrected chi connectivity index (χ3v) is 1.58. The van der Waals surface area contributed by atoms with Crippen LogP contribution in [0, 0.1) is 0 Å². The molecule has 0 N–H and O–H groups in total. The average molecular weight is 214 g/mol. The van der Waals surface area contributed by atoms with Crippen LogP contribution in [0.15, 0.2) is 24.3 Å². The fraction of sp³-hybridized carbons (Fsp3) is 0. The summed E-state index contributed by atoms with van der Waals surface area (Å²) in [4.78, 5) is 0. The first-order valence-electron chi connectivity index (χ1n) is 2.58. The van der Waals surface area contributed by atoms with E-state index in [0.717, 1.165) is 9.55 Å². The molecule has 4 heteroatoms. The lowest BCUT2D eigenvalue weighted by molar-refractivity contribution is 1.71. The van der Waals surface area contributed by atoms with E-state index in [1.54, 1.807) is 12.1 Å². The van der Waals surface area contributed by atoms with Crippen molar-refractivity contribution in [3.63, 3.8) is 0 Å². The van der Waals surface area contributed by atoms with E-state index in [4.69, 9.17) is 34.3 Å². The van der Waals surface area contributed by atoms with Crippen LogP contribution in [-0.2, 0) is 0 Å². The molecule has 10 heavy (non-hydrogen) atoms. The zero-order valence-corrected chi connectivity index (χ0v) is 9.71. The molecule has 1 aromatic rings. The molecular weight excluding hydrogens is 207 g/mol. The maximum atomic E-state index is 5.58. The van der Waals surface area contributed by atoms with Crippen molar-refractivity contribution in [2.45, 2.75) is 0 Å². The van der Waals surface area contributed by atoms with Gasteiger partial charge in [-0.05, 0) is 12.1 Å². The molecule has 1 aromatic carbocycles. The molecule has 0 spiro atoms. The first-order chi connectivity index (χ1) is 4.80. The van der Waals surface area contributed by atoms with Gasteiger partial charge in [0.05, 0.1) is 10.0 Å². The SMILES string of the molecule is Clc1ccccc1Cl.[SiH3]Cl. The van der Waals surface area contributed by atoms with Gasteiger partial charge in [-0.3, -0.25) is 0 Å². The van der Waals surface area contributed by atoms with Crippen LogP contribution in [0.3, 0.4) is 0 Å². The topological polar surface area (TPSA) is 0 Å². The third kappa shape index (κ3) is 3.47. The van der Waals surface area contributed by atoms with Gasteiger partial charge in [0.15, 0.2) is 0 Å². The Balaban J connectivity index is 0.000000371. The summed E-state index contributed by atoms with van der Waals surface area (Å²) in [5, 5.41) is 1.21. The standard InChI is InChI=1S/C6H4Cl2.ClH3Si/c7-5-3-1-2-4-6(5)8;1-2/h1-4H;2H3. The maximum Gasteiger partial charge on any atom is 0.109 e. The molecule has 0 aromatic heterocycles. The van der Waals surface area contributed by atoms with Gasteiger partial charge in [0.25, 0.3) is 0 Å². The molecule has 0 saturated carbocycles. The number of benzene rings is 1. The van der Waals surface area contributed by atoms with Crippen LogP contribution in [0.5, 0.6) is 0 Å². The zero-order valence-electron chi connectivity index (χ0n) is 5.44. The Hall–Kier alpha value is 0.307. The Morgan fingerprint density at radius 2 is 1.20 bits per heavy atom. The molecule has 1 rings (SSSR count). The van der Waals surface area contributed by atoms with Crippen molar-refractivity contribution in [2.24, 2.45) is 0 Å². The minimum absolute atomic E-state index is 0.606. The lowest BCUT2D eigenvalue weighted by atomic mass is 10.4. The van der Waals surface area contributed by atoms with Crippen LogP contribution >= 0.6 is 34.3 Å². The Bertz CT molecular complexity index is 169. The van der Waals surface area contributed by atoms with Crippen LogP contribution < -0.4 is 0 Å². The quantitative estimate of drug-likeness (QED) is 0.459. The predicted octanol–water partition coefficient (Wildman–Crippen LogP) is 2.50. The number of rotatable bonds is 0. The monoisotopic (exact) mass is 212 g/mol. The predicted molar refractivity (Wildman–Crippen MR) is 52.3 cm³/mol. The second-order valence-electron chi connectivity index (χ2n) is 1.41. The number of hydrogen-bond donors (Lipinski definition) is 0. The zero-order chi connectivity index (χ0) is 7.98. The van der Waals surface area contributed by atoms with Gasteiger partial charge in [-0.2, -0.15) is 11.1 Å². The van der Waals surface area contributed by atoms with Gasteiger partial charge in [-0.25, -0.2) is 0 Å². The molecule has 0 unspecified atom stereocenters.